The van der Waals surface area contributed by atoms with Crippen molar-refractivity contribution in [3.05, 3.63) is 266 Å². The van der Waals surface area contributed by atoms with Gasteiger partial charge in [-0.05, 0) is 245 Å². The molecule has 2 saturated heterocycles. The Bertz CT molecular complexity index is 4720. The van der Waals surface area contributed by atoms with Gasteiger partial charge in [-0.2, -0.15) is 15.3 Å². The molecule has 6 aromatic carbocycles. The van der Waals surface area contributed by atoms with E-state index in [1.54, 1.807) is 93.0 Å². The van der Waals surface area contributed by atoms with E-state index in [0.717, 1.165) is 164 Å². The van der Waals surface area contributed by atoms with Crippen LogP contribution in [0.5, 0.6) is 0 Å². The van der Waals surface area contributed by atoms with Crippen LogP contribution >= 0.6 is 81.2 Å². The normalized spacial score (nSPS) is 16.6. The second kappa shape index (κ2) is 34.8. The maximum absolute atomic E-state index is 13.5. The number of carbonyl (C=O) groups is 3. The highest BCUT2D eigenvalue weighted by Gasteiger charge is 2.33. The number of benzene rings is 6. The van der Waals surface area contributed by atoms with Crippen LogP contribution < -0.4 is 16.2 Å². The molecule has 4 aromatic heterocycles. The third-order valence-corrected chi connectivity index (χ3v) is 20.6. The van der Waals surface area contributed by atoms with E-state index in [1.807, 2.05) is 64.6 Å². The smallest absolute Gasteiger partial charge is 0.286 e. The number of amides is 3. The number of nitrogens with one attached hydrogen (secondary N) is 3. The van der Waals surface area contributed by atoms with Gasteiger partial charge in [0.1, 0.15) is 17.5 Å². The standard InChI is InChI=1S/C27H21Cl3N4O.C27H27Cl2FN4O.C26H25Cl2FN4O2/c28-19-10-8-17(9-11-19)15-18-5-1-2-6-21-25(27(35)32-24-7-3-4-14-31-24)33-34(26(18)21)23-13-12-20(29)16-22(23)30;28-20-10-13-24(23(29)17-20)34-26-19(16-18-8-11-21(30)12-9-18)6-2-3-7-22(26)25(31-34)27(35)32-33-14-4-1-5-15-33;27-19-7-10-23(22(28)16-19)33-25-18(15-17-5-8-20(29)9-6-17)3-1-2-4-21(25)24(30-33)26(34)31-32-11-13-35-14-12-32/h3-4,7-16H,1-2,5-6H2,(H,31,32,35);8-13,16-17H,1-7,14-15H2,(H,32,35);5-10,15-16H,1-4,11-14H2,(H,31,34)/b18-15+;19-16+;18-15+. The second-order valence-corrected chi connectivity index (χ2v) is 29.0. The number of nitrogens with zero attached hydrogens (tertiary/aromatic N) is 9. The molecule has 3 amide bonds. The molecule has 3 N–H and O–H groups in total. The molecule has 25 heteroatoms. The minimum atomic E-state index is -0.309. The van der Waals surface area contributed by atoms with Gasteiger partial charge in [-0.3, -0.25) is 25.2 Å². The molecule has 2 aliphatic heterocycles. The molecule has 3 aliphatic carbocycles. The summed E-state index contributed by atoms with van der Waals surface area (Å²) in [5.41, 5.74) is 20.4. The van der Waals surface area contributed by atoms with Crippen LogP contribution in [0.1, 0.15) is 159 Å². The Morgan fingerprint density at radius 2 is 0.762 bits per heavy atom. The first kappa shape index (κ1) is 74.8. The van der Waals surface area contributed by atoms with Gasteiger partial charge in [-0.1, -0.05) is 130 Å². The number of anilines is 1. The largest absolute Gasteiger partial charge is 0.379 e. The number of carbonyl (C=O) groups excluding carboxylic acids is 3. The molecule has 15 rings (SSSR count). The Morgan fingerprint density at radius 3 is 1.14 bits per heavy atom. The number of morpholine rings is 1. The van der Waals surface area contributed by atoms with E-state index in [9.17, 15) is 23.2 Å². The van der Waals surface area contributed by atoms with Crippen molar-refractivity contribution in [1.29, 1.82) is 0 Å². The summed E-state index contributed by atoms with van der Waals surface area (Å²) in [5, 5.41) is 24.7. The van der Waals surface area contributed by atoms with E-state index in [-0.39, 0.29) is 29.4 Å². The van der Waals surface area contributed by atoms with Crippen LogP contribution in [0.2, 0.25) is 35.2 Å². The number of fused-ring (bicyclic) bond motifs is 3. The lowest BCUT2D eigenvalue weighted by Gasteiger charge is -2.26. The predicted octanol–water partition coefficient (Wildman–Crippen LogP) is 20.0. The van der Waals surface area contributed by atoms with Crippen molar-refractivity contribution in [2.75, 3.05) is 44.7 Å². The maximum atomic E-state index is 13.5. The Hall–Kier alpha value is -8.50. The third-order valence-electron chi connectivity index (χ3n) is 18.7. The monoisotopic (exact) mass is 1550 g/mol. The van der Waals surface area contributed by atoms with Gasteiger partial charge in [0.25, 0.3) is 17.7 Å². The molecule has 16 nitrogen and oxygen atoms in total. The van der Waals surface area contributed by atoms with Crippen molar-refractivity contribution in [3.8, 4) is 17.1 Å². The Labute approximate surface area is 642 Å². The van der Waals surface area contributed by atoms with Gasteiger partial charge >= 0.3 is 0 Å². The van der Waals surface area contributed by atoms with Crippen LogP contribution in [0.25, 0.3) is 52.0 Å². The van der Waals surface area contributed by atoms with E-state index in [0.29, 0.717) is 108 Å². The van der Waals surface area contributed by atoms with Crippen molar-refractivity contribution < 1.29 is 27.9 Å². The molecule has 0 spiro atoms. The zero-order valence-electron chi connectivity index (χ0n) is 57.1. The summed E-state index contributed by atoms with van der Waals surface area (Å²) in [4.78, 5) is 44.4. The fraction of sp³-hybridized carbons (Fsp3) is 0.263. The topological polar surface area (TPSA) is 169 Å². The lowest BCUT2D eigenvalue weighted by atomic mass is 10.0. The van der Waals surface area contributed by atoms with Crippen molar-refractivity contribution in [2.45, 2.75) is 96.3 Å². The average Bonchev–Trinajstić information content (AvgIpc) is 1.63. The van der Waals surface area contributed by atoms with E-state index in [4.69, 9.17) is 101 Å². The molecule has 0 atom stereocenters. The molecule has 10 aromatic rings. The number of rotatable bonds is 12. The molecule has 105 heavy (non-hydrogen) atoms. The molecular formula is C80H73Cl7F2N12O4. The number of halogens is 9. The molecular weight excluding hydrogens is 1480 g/mol. The molecule has 0 saturated carbocycles. The zero-order valence-corrected chi connectivity index (χ0v) is 62.4. The summed E-state index contributed by atoms with van der Waals surface area (Å²) >= 11 is 44.4. The first-order chi connectivity index (χ1) is 51.0. The summed E-state index contributed by atoms with van der Waals surface area (Å²) in [6, 6.07) is 41.6. The first-order valence-electron chi connectivity index (χ1n) is 35.0. The van der Waals surface area contributed by atoms with Crippen LogP contribution in [0, 0.1) is 11.6 Å². The van der Waals surface area contributed by atoms with Crippen LogP contribution in [-0.2, 0) is 24.0 Å². The summed E-state index contributed by atoms with van der Waals surface area (Å²) in [5.74, 6) is -0.852. The second-order valence-electron chi connectivity index (χ2n) is 26.0. The first-order valence-corrected chi connectivity index (χ1v) is 37.7. The number of allylic oxidation sites excluding steroid dienone is 3. The maximum Gasteiger partial charge on any atom is 0.286 e. The number of ether oxygens (including phenoxy) is 1. The van der Waals surface area contributed by atoms with Gasteiger partial charge < -0.3 is 10.1 Å². The Morgan fingerprint density at radius 1 is 0.400 bits per heavy atom. The van der Waals surface area contributed by atoms with Crippen molar-refractivity contribution >= 4 is 140 Å². The fourth-order valence-corrected chi connectivity index (χ4v) is 15.3. The summed E-state index contributed by atoms with van der Waals surface area (Å²) < 4.78 is 37.7. The number of aromatic nitrogens is 7. The summed E-state index contributed by atoms with van der Waals surface area (Å²) in [7, 11) is 0. The highest BCUT2D eigenvalue weighted by molar-refractivity contribution is 6.37. The van der Waals surface area contributed by atoms with Crippen molar-refractivity contribution in [3.63, 3.8) is 0 Å². The lowest BCUT2D eigenvalue weighted by molar-refractivity contribution is 0.0124. The van der Waals surface area contributed by atoms with E-state index < -0.39 is 0 Å². The summed E-state index contributed by atoms with van der Waals surface area (Å²) in [6.45, 7) is 4.05. The Kier molecular flexibility index (Phi) is 24.8. The van der Waals surface area contributed by atoms with E-state index >= 15 is 0 Å². The quantitative estimate of drug-likeness (QED) is 0.100. The molecule has 0 radical (unpaired) electrons. The molecule has 0 unspecified atom stereocenters. The van der Waals surface area contributed by atoms with Gasteiger partial charge in [-0.15, -0.1) is 0 Å². The number of piperidine rings is 1. The van der Waals surface area contributed by atoms with Gasteiger partial charge in [0.05, 0.1) is 62.4 Å². The minimum Gasteiger partial charge on any atom is -0.379 e. The lowest BCUT2D eigenvalue weighted by Crippen LogP contribution is -2.48. The molecule has 540 valence electrons. The molecule has 5 aliphatic rings. The Balaban J connectivity index is 0.000000140. The van der Waals surface area contributed by atoms with Crippen LogP contribution in [0.4, 0.5) is 14.6 Å². The fourth-order valence-electron chi connectivity index (χ4n) is 13.7. The van der Waals surface area contributed by atoms with E-state index in [1.165, 1.54) is 30.7 Å². The van der Waals surface area contributed by atoms with Gasteiger partial charge in [0, 0.05) is 69.2 Å². The van der Waals surface area contributed by atoms with Crippen LogP contribution in [-0.4, -0.2) is 101 Å². The minimum absolute atomic E-state index is 0.199. The van der Waals surface area contributed by atoms with Crippen molar-refractivity contribution in [2.24, 2.45) is 0 Å². The SMILES string of the molecule is O=C(NN1CCCCC1)c1nn(-c2ccc(Cl)cc2Cl)c2c1CCCC/C2=C\c1ccc(F)cc1.O=C(NN1CCOCC1)c1nn(-c2ccc(Cl)cc2Cl)c2c1CCCC/C2=C\c1ccc(F)cc1.O=C(Nc1ccccn1)c1nn(-c2ccc(Cl)cc2Cl)c2c1CCCC/C2=C\c1ccc(Cl)cc1. The van der Waals surface area contributed by atoms with Gasteiger partial charge in [-0.25, -0.2) is 37.8 Å². The highest BCUT2D eigenvalue weighted by Crippen LogP contribution is 2.41. The number of hydrogen-bond acceptors (Lipinski definition) is 10. The summed E-state index contributed by atoms with van der Waals surface area (Å²) in [6.07, 6.45) is 21.5. The molecule has 2 fully saturated rings. The molecule has 6 heterocycles. The van der Waals surface area contributed by atoms with Crippen LogP contribution in [0.15, 0.2) is 152 Å². The number of hydrazine groups is 2. The van der Waals surface area contributed by atoms with Gasteiger partial charge in [0.15, 0.2) is 17.1 Å². The average molecular weight is 1550 g/mol. The third kappa shape index (κ3) is 18.3. The van der Waals surface area contributed by atoms with E-state index in [2.05, 4.69) is 33.3 Å². The number of pyridine rings is 1. The van der Waals surface area contributed by atoms with Crippen LogP contribution in [0.3, 0.4) is 0 Å². The number of hydrogen-bond donors (Lipinski definition) is 3. The van der Waals surface area contributed by atoms with Gasteiger partial charge in [0.2, 0.25) is 0 Å². The molecule has 0 bridgehead atoms. The highest BCUT2D eigenvalue weighted by atomic mass is 35.5. The zero-order chi connectivity index (χ0) is 73.1. The van der Waals surface area contributed by atoms with Crippen molar-refractivity contribution in [1.82, 2.24) is 55.2 Å². The predicted molar refractivity (Wildman–Crippen MR) is 416 cm³/mol.